The van der Waals surface area contributed by atoms with Gasteiger partial charge in [-0.25, -0.2) is 4.98 Å². The Balaban J connectivity index is 1.94. The van der Waals surface area contributed by atoms with Crippen molar-refractivity contribution in [3.8, 4) is 0 Å². The Kier molecular flexibility index (Phi) is 5.02. The number of hydrogen-bond donors (Lipinski definition) is 1. The van der Waals surface area contributed by atoms with Crippen molar-refractivity contribution in [2.45, 2.75) is 25.8 Å². The average Bonchev–Trinajstić information content (AvgIpc) is 2.38. The number of piperidine rings is 1. The zero-order chi connectivity index (χ0) is 13.8. The fraction of sp³-hybridized carbons (Fsp3) is 0.538. The summed E-state index contributed by atoms with van der Waals surface area (Å²) in [5, 5.41) is 3.49. The minimum Gasteiger partial charge on any atom is -0.349 e. The van der Waals surface area contributed by atoms with Gasteiger partial charge in [-0.3, -0.25) is 4.79 Å². The van der Waals surface area contributed by atoms with Gasteiger partial charge in [0.2, 0.25) is 0 Å². The standard InChI is InChI=1S/C13H17Cl2N3O/c1-2-18-5-3-10(4-6-18)16-13(19)9-7-11(14)17-12(15)8-9/h7-8,10H,2-6H2,1H3,(H,16,19). The van der Waals surface area contributed by atoms with Crippen LogP contribution >= 0.6 is 23.2 Å². The molecule has 1 aromatic rings. The van der Waals surface area contributed by atoms with Crippen LogP contribution in [0.3, 0.4) is 0 Å². The summed E-state index contributed by atoms with van der Waals surface area (Å²) in [5.41, 5.74) is 0.461. The van der Waals surface area contributed by atoms with Crippen molar-refractivity contribution in [1.29, 1.82) is 0 Å². The van der Waals surface area contributed by atoms with Crippen LogP contribution in [0.15, 0.2) is 12.1 Å². The molecule has 1 aliphatic rings. The second-order valence-corrected chi connectivity index (χ2v) is 5.46. The molecule has 2 heterocycles. The minimum absolute atomic E-state index is 0.138. The first-order valence-electron chi connectivity index (χ1n) is 6.44. The van der Waals surface area contributed by atoms with Gasteiger partial charge in [0.1, 0.15) is 10.3 Å². The molecule has 0 saturated carbocycles. The number of carbonyl (C=O) groups excluding carboxylic acids is 1. The number of pyridine rings is 1. The van der Waals surface area contributed by atoms with E-state index in [9.17, 15) is 4.79 Å². The van der Waals surface area contributed by atoms with Crippen molar-refractivity contribution in [2.75, 3.05) is 19.6 Å². The van der Waals surface area contributed by atoms with E-state index in [0.29, 0.717) is 5.56 Å². The molecule has 1 fully saturated rings. The third kappa shape index (κ3) is 4.06. The Morgan fingerprint density at radius 2 is 1.95 bits per heavy atom. The van der Waals surface area contributed by atoms with Gasteiger partial charge in [0, 0.05) is 24.7 Å². The van der Waals surface area contributed by atoms with E-state index in [0.717, 1.165) is 32.5 Å². The number of nitrogens with one attached hydrogen (secondary N) is 1. The molecule has 1 aromatic heterocycles. The summed E-state index contributed by atoms with van der Waals surface area (Å²) in [5.74, 6) is -0.138. The second kappa shape index (κ2) is 6.55. The van der Waals surface area contributed by atoms with E-state index >= 15 is 0 Å². The average molecular weight is 302 g/mol. The summed E-state index contributed by atoms with van der Waals surface area (Å²) in [6.07, 6.45) is 1.96. The molecule has 0 aromatic carbocycles. The van der Waals surface area contributed by atoms with E-state index in [1.807, 2.05) is 0 Å². The molecular formula is C13H17Cl2N3O. The smallest absolute Gasteiger partial charge is 0.251 e. The number of likely N-dealkylation sites (tertiary alicyclic amines) is 1. The van der Waals surface area contributed by atoms with Crippen LogP contribution in [-0.2, 0) is 0 Å². The third-order valence-corrected chi connectivity index (χ3v) is 3.78. The fourth-order valence-corrected chi connectivity index (χ4v) is 2.72. The first-order valence-corrected chi connectivity index (χ1v) is 7.20. The van der Waals surface area contributed by atoms with Gasteiger partial charge in [-0.1, -0.05) is 30.1 Å². The molecule has 6 heteroatoms. The number of carbonyl (C=O) groups is 1. The van der Waals surface area contributed by atoms with Gasteiger partial charge in [0.05, 0.1) is 0 Å². The maximum Gasteiger partial charge on any atom is 0.251 e. The van der Waals surface area contributed by atoms with Crippen LogP contribution in [0.1, 0.15) is 30.1 Å². The lowest BCUT2D eigenvalue weighted by atomic mass is 10.0. The SMILES string of the molecule is CCN1CCC(NC(=O)c2cc(Cl)nc(Cl)c2)CC1. The van der Waals surface area contributed by atoms with Crippen LogP contribution in [0.25, 0.3) is 0 Å². The molecule has 0 bridgehead atoms. The van der Waals surface area contributed by atoms with Gasteiger partial charge < -0.3 is 10.2 Å². The molecule has 19 heavy (non-hydrogen) atoms. The van der Waals surface area contributed by atoms with E-state index in [-0.39, 0.29) is 22.3 Å². The van der Waals surface area contributed by atoms with Crippen LogP contribution in [0.2, 0.25) is 10.3 Å². The lowest BCUT2D eigenvalue weighted by Gasteiger charge is -2.31. The second-order valence-electron chi connectivity index (χ2n) is 4.68. The van der Waals surface area contributed by atoms with Gasteiger partial charge >= 0.3 is 0 Å². The van der Waals surface area contributed by atoms with Crippen LogP contribution in [0.4, 0.5) is 0 Å². The molecule has 0 unspecified atom stereocenters. The van der Waals surface area contributed by atoms with E-state index in [1.54, 1.807) is 0 Å². The quantitative estimate of drug-likeness (QED) is 0.873. The summed E-state index contributed by atoms with van der Waals surface area (Å²) in [6, 6.07) is 3.29. The fourth-order valence-electron chi connectivity index (χ4n) is 2.26. The number of amides is 1. The highest BCUT2D eigenvalue weighted by Crippen LogP contribution is 2.16. The summed E-state index contributed by atoms with van der Waals surface area (Å²) in [6.45, 7) is 5.27. The zero-order valence-corrected chi connectivity index (χ0v) is 12.3. The summed E-state index contributed by atoms with van der Waals surface area (Å²) in [7, 11) is 0. The number of rotatable bonds is 3. The maximum atomic E-state index is 12.1. The summed E-state index contributed by atoms with van der Waals surface area (Å²) in [4.78, 5) is 18.3. The third-order valence-electron chi connectivity index (χ3n) is 3.40. The normalized spacial score (nSPS) is 17.4. The monoisotopic (exact) mass is 301 g/mol. The lowest BCUT2D eigenvalue weighted by Crippen LogP contribution is -2.44. The number of aromatic nitrogens is 1. The molecule has 104 valence electrons. The van der Waals surface area contributed by atoms with Crippen molar-refractivity contribution in [3.05, 3.63) is 28.0 Å². The highest BCUT2D eigenvalue weighted by Gasteiger charge is 2.20. The molecule has 1 aliphatic heterocycles. The highest BCUT2D eigenvalue weighted by molar-refractivity contribution is 6.33. The topological polar surface area (TPSA) is 45.2 Å². The Morgan fingerprint density at radius 1 is 1.37 bits per heavy atom. The Morgan fingerprint density at radius 3 is 2.47 bits per heavy atom. The van der Waals surface area contributed by atoms with Crippen molar-refractivity contribution >= 4 is 29.1 Å². The predicted molar refractivity (Wildman–Crippen MR) is 76.9 cm³/mol. The Bertz CT molecular complexity index is 439. The van der Waals surface area contributed by atoms with Gasteiger partial charge in [-0.05, 0) is 31.5 Å². The Hall–Kier alpha value is -0.840. The van der Waals surface area contributed by atoms with E-state index in [2.05, 4.69) is 22.1 Å². The van der Waals surface area contributed by atoms with E-state index in [1.165, 1.54) is 12.1 Å². The lowest BCUT2D eigenvalue weighted by molar-refractivity contribution is 0.0912. The molecule has 0 radical (unpaired) electrons. The molecule has 0 atom stereocenters. The minimum atomic E-state index is -0.138. The van der Waals surface area contributed by atoms with Crippen LogP contribution in [0, 0.1) is 0 Å². The number of hydrogen-bond acceptors (Lipinski definition) is 3. The zero-order valence-electron chi connectivity index (χ0n) is 10.8. The van der Waals surface area contributed by atoms with Crippen LogP contribution in [0.5, 0.6) is 0 Å². The maximum absolute atomic E-state index is 12.1. The first kappa shape index (κ1) is 14.6. The van der Waals surface area contributed by atoms with Crippen molar-refractivity contribution < 1.29 is 4.79 Å². The van der Waals surface area contributed by atoms with E-state index < -0.39 is 0 Å². The molecule has 2 rings (SSSR count). The molecule has 1 saturated heterocycles. The number of nitrogens with zero attached hydrogens (tertiary/aromatic N) is 2. The Labute approximate surface area is 123 Å². The number of halogens is 2. The first-order chi connectivity index (χ1) is 9.08. The molecule has 0 spiro atoms. The summed E-state index contributed by atoms with van der Waals surface area (Å²) >= 11 is 11.6. The van der Waals surface area contributed by atoms with Crippen LogP contribution in [-0.4, -0.2) is 41.5 Å². The van der Waals surface area contributed by atoms with Crippen molar-refractivity contribution in [3.63, 3.8) is 0 Å². The largest absolute Gasteiger partial charge is 0.349 e. The molecule has 0 aliphatic carbocycles. The molecule has 4 nitrogen and oxygen atoms in total. The molecule has 1 N–H and O–H groups in total. The van der Waals surface area contributed by atoms with Gasteiger partial charge in [-0.2, -0.15) is 0 Å². The van der Waals surface area contributed by atoms with E-state index in [4.69, 9.17) is 23.2 Å². The van der Waals surface area contributed by atoms with Crippen LogP contribution < -0.4 is 5.32 Å². The van der Waals surface area contributed by atoms with Crippen molar-refractivity contribution in [2.24, 2.45) is 0 Å². The van der Waals surface area contributed by atoms with Gasteiger partial charge in [-0.15, -0.1) is 0 Å². The highest BCUT2D eigenvalue weighted by atomic mass is 35.5. The molecule has 1 amide bonds. The molecular weight excluding hydrogens is 285 g/mol. The summed E-state index contributed by atoms with van der Waals surface area (Å²) < 4.78 is 0. The van der Waals surface area contributed by atoms with Gasteiger partial charge in [0.15, 0.2) is 0 Å². The predicted octanol–water partition coefficient (Wildman–Crippen LogP) is 2.60. The van der Waals surface area contributed by atoms with Gasteiger partial charge in [0.25, 0.3) is 5.91 Å². The van der Waals surface area contributed by atoms with Crippen molar-refractivity contribution in [1.82, 2.24) is 15.2 Å².